The van der Waals surface area contributed by atoms with E-state index < -0.39 is 6.10 Å². The molecule has 0 aromatic heterocycles. The molecule has 0 fully saturated rings. The number of hydrogen-bond donors (Lipinski definition) is 1. The molecule has 0 spiro atoms. The molecular weight excluding hydrogens is 280 g/mol. The number of aliphatic hydroxyl groups is 1. The Hall–Kier alpha value is -1.83. The Morgan fingerprint density at radius 3 is 2.52 bits per heavy atom. The van der Waals surface area contributed by atoms with Gasteiger partial charge in [-0.1, -0.05) is 72.3 Å². The lowest BCUT2D eigenvalue weighted by Gasteiger charge is -2.15. The van der Waals surface area contributed by atoms with Crippen molar-refractivity contribution in [3.63, 3.8) is 0 Å². The van der Waals surface area contributed by atoms with Crippen LogP contribution in [0.5, 0.6) is 0 Å². The van der Waals surface area contributed by atoms with Crippen LogP contribution in [0.4, 0.5) is 0 Å². The first kappa shape index (κ1) is 14.1. The quantitative estimate of drug-likeness (QED) is 0.715. The summed E-state index contributed by atoms with van der Waals surface area (Å²) < 4.78 is 0. The first-order valence-corrected chi connectivity index (χ1v) is 7.44. The summed E-state index contributed by atoms with van der Waals surface area (Å²) in [6.45, 7) is 1.95. The molecule has 0 heterocycles. The highest BCUT2D eigenvalue weighted by molar-refractivity contribution is 6.32. The van der Waals surface area contributed by atoms with E-state index in [1.165, 1.54) is 10.8 Å². The van der Waals surface area contributed by atoms with Gasteiger partial charge in [-0.05, 0) is 34.4 Å². The van der Waals surface area contributed by atoms with Gasteiger partial charge in [-0.3, -0.25) is 0 Å². The second-order valence-electron chi connectivity index (χ2n) is 5.34. The number of benzene rings is 3. The summed E-state index contributed by atoms with van der Waals surface area (Å²) in [6, 6.07) is 20.2. The lowest BCUT2D eigenvalue weighted by atomic mass is 9.96. The van der Waals surface area contributed by atoms with Crippen LogP contribution in [-0.2, 0) is 6.42 Å². The Morgan fingerprint density at radius 1 is 0.952 bits per heavy atom. The van der Waals surface area contributed by atoms with E-state index in [4.69, 9.17) is 11.6 Å². The first-order chi connectivity index (χ1) is 10.2. The molecule has 21 heavy (non-hydrogen) atoms. The zero-order valence-electron chi connectivity index (χ0n) is 11.9. The molecule has 1 N–H and O–H groups in total. The third-order valence-corrected chi connectivity index (χ3v) is 4.39. The standard InChI is InChI=1S/C19H17ClO/c1-13-6-4-11-17(19(13)20)18(21)12-15-9-5-8-14-7-2-3-10-16(14)15/h2-11,18,21H,12H2,1H3. The first-order valence-electron chi connectivity index (χ1n) is 7.06. The zero-order valence-corrected chi connectivity index (χ0v) is 12.6. The Morgan fingerprint density at radius 2 is 1.67 bits per heavy atom. The third kappa shape index (κ3) is 2.80. The third-order valence-electron chi connectivity index (χ3n) is 3.87. The molecule has 3 aromatic rings. The van der Waals surface area contributed by atoms with E-state index in [2.05, 4.69) is 24.3 Å². The van der Waals surface area contributed by atoms with Crippen LogP contribution in [0.3, 0.4) is 0 Å². The van der Waals surface area contributed by atoms with E-state index in [9.17, 15) is 5.11 Å². The van der Waals surface area contributed by atoms with Crippen molar-refractivity contribution in [3.05, 3.63) is 82.4 Å². The minimum Gasteiger partial charge on any atom is -0.388 e. The Bertz CT molecular complexity index is 774. The van der Waals surface area contributed by atoms with Gasteiger partial charge in [0.25, 0.3) is 0 Å². The van der Waals surface area contributed by atoms with Gasteiger partial charge in [0.2, 0.25) is 0 Å². The van der Waals surface area contributed by atoms with Crippen LogP contribution < -0.4 is 0 Å². The van der Waals surface area contributed by atoms with E-state index in [0.717, 1.165) is 16.7 Å². The maximum atomic E-state index is 10.6. The topological polar surface area (TPSA) is 20.2 Å². The largest absolute Gasteiger partial charge is 0.388 e. The maximum Gasteiger partial charge on any atom is 0.0845 e. The fourth-order valence-corrected chi connectivity index (χ4v) is 2.97. The van der Waals surface area contributed by atoms with Crippen LogP contribution in [-0.4, -0.2) is 5.11 Å². The van der Waals surface area contributed by atoms with Crippen molar-refractivity contribution < 1.29 is 5.11 Å². The van der Waals surface area contributed by atoms with E-state index in [1.807, 2.05) is 43.3 Å². The van der Waals surface area contributed by atoms with Crippen LogP contribution in [0, 0.1) is 6.92 Å². The van der Waals surface area contributed by atoms with Gasteiger partial charge in [-0.15, -0.1) is 0 Å². The smallest absolute Gasteiger partial charge is 0.0845 e. The summed E-state index contributed by atoms with van der Waals surface area (Å²) in [6.07, 6.45) is -0.0342. The van der Waals surface area contributed by atoms with Crippen molar-refractivity contribution in [1.82, 2.24) is 0 Å². The molecule has 0 aliphatic heterocycles. The number of rotatable bonds is 3. The molecule has 2 heteroatoms. The molecule has 1 nitrogen and oxygen atoms in total. The van der Waals surface area contributed by atoms with Crippen molar-refractivity contribution in [1.29, 1.82) is 0 Å². The molecule has 3 aromatic carbocycles. The summed E-state index contributed by atoms with van der Waals surface area (Å²) in [5.74, 6) is 0. The van der Waals surface area contributed by atoms with Crippen LogP contribution in [0.2, 0.25) is 5.02 Å². The van der Waals surface area contributed by atoms with Crippen molar-refractivity contribution in [2.75, 3.05) is 0 Å². The zero-order chi connectivity index (χ0) is 14.8. The van der Waals surface area contributed by atoms with E-state index in [0.29, 0.717) is 11.4 Å². The summed E-state index contributed by atoms with van der Waals surface area (Å²) in [5.41, 5.74) is 2.92. The summed E-state index contributed by atoms with van der Waals surface area (Å²) in [4.78, 5) is 0. The van der Waals surface area contributed by atoms with E-state index >= 15 is 0 Å². The second-order valence-corrected chi connectivity index (χ2v) is 5.71. The molecular formula is C19H17ClO. The van der Waals surface area contributed by atoms with Gasteiger partial charge in [-0.25, -0.2) is 0 Å². The van der Waals surface area contributed by atoms with Gasteiger partial charge in [0, 0.05) is 11.4 Å². The Kier molecular flexibility index (Phi) is 3.96. The van der Waals surface area contributed by atoms with Crippen LogP contribution in [0.15, 0.2) is 60.7 Å². The van der Waals surface area contributed by atoms with Crippen molar-refractivity contribution in [2.45, 2.75) is 19.4 Å². The van der Waals surface area contributed by atoms with Crippen molar-refractivity contribution >= 4 is 22.4 Å². The van der Waals surface area contributed by atoms with Gasteiger partial charge in [0.05, 0.1) is 6.10 Å². The molecule has 1 unspecified atom stereocenters. The van der Waals surface area contributed by atoms with Crippen molar-refractivity contribution in [2.24, 2.45) is 0 Å². The molecule has 0 amide bonds. The predicted molar refractivity (Wildman–Crippen MR) is 88.8 cm³/mol. The van der Waals surface area contributed by atoms with Crippen LogP contribution >= 0.6 is 11.6 Å². The average molecular weight is 297 g/mol. The fourth-order valence-electron chi connectivity index (χ4n) is 2.72. The van der Waals surface area contributed by atoms with E-state index in [1.54, 1.807) is 0 Å². The van der Waals surface area contributed by atoms with Gasteiger partial charge >= 0.3 is 0 Å². The van der Waals surface area contributed by atoms with Gasteiger partial charge < -0.3 is 5.11 Å². The molecule has 0 aliphatic carbocycles. The summed E-state index contributed by atoms with van der Waals surface area (Å²) in [5, 5.41) is 13.6. The molecule has 3 rings (SSSR count). The average Bonchev–Trinajstić information content (AvgIpc) is 2.50. The molecule has 0 saturated heterocycles. The lowest BCUT2D eigenvalue weighted by molar-refractivity contribution is 0.179. The molecule has 0 saturated carbocycles. The van der Waals surface area contributed by atoms with Crippen LogP contribution in [0.25, 0.3) is 10.8 Å². The SMILES string of the molecule is Cc1cccc(C(O)Cc2cccc3ccccc23)c1Cl. The summed E-state index contributed by atoms with van der Waals surface area (Å²) >= 11 is 6.31. The maximum absolute atomic E-state index is 10.6. The Balaban J connectivity index is 1.97. The molecule has 106 valence electrons. The fraction of sp³-hybridized carbons (Fsp3) is 0.158. The Labute approximate surface area is 129 Å². The molecule has 1 atom stereocenters. The van der Waals surface area contributed by atoms with Gasteiger partial charge in [0.15, 0.2) is 0 Å². The number of aryl methyl sites for hydroxylation is 1. The van der Waals surface area contributed by atoms with Crippen LogP contribution in [0.1, 0.15) is 22.8 Å². The normalized spacial score (nSPS) is 12.5. The number of fused-ring (bicyclic) bond motifs is 1. The minimum atomic E-state index is -0.594. The van der Waals surface area contributed by atoms with Gasteiger partial charge in [0.1, 0.15) is 0 Å². The molecule has 0 radical (unpaired) electrons. The predicted octanol–water partition coefficient (Wildman–Crippen LogP) is 5.08. The van der Waals surface area contributed by atoms with Gasteiger partial charge in [-0.2, -0.15) is 0 Å². The molecule has 0 bridgehead atoms. The summed E-state index contributed by atoms with van der Waals surface area (Å²) in [7, 11) is 0. The highest BCUT2D eigenvalue weighted by Crippen LogP contribution is 2.30. The number of aliphatic hydroxyl groups excluding tert-OH is 1. The highest BCUT2D eigenvalue weighted by Gasteiger charge is 2.14. The number of hydrogen-bond acceptors (Lipinski definition) is 1. The van der Waals surface area contributed by atoms with Crippen molar-refractivity contribution in [3.8, 4) is 0 Å². The second kappa shape index (κ2) is 5.88. The highest BCUT2D eigenvalue weighted by atomic mass is 35.5. The van der Waals surface area contributed by atoms with E-state index in [-0.39, 0.29) is 0 Å². The minimum absolute atomic E-state index is 0.560. The molecule has 0 aliphatic rings. The lowest BCUT2D eigenvalue weighted by Crippen LogP contribution is -2.03. The number of halogens is 1. The monoisotopic (exact) mass is 296 g/mol.